The number of hydrogen-bond acceptors (Lipinski definition) is 7. The third kappa shape index (κ3) is 2.78. The van der Waals surface area contributed by atoms with Gasteiger partial charge in [0.1, 0.15) is 11.3 Å². The van der Waals surface area contributed by atoms with Gasteiger partial charge in [-0.3, -0.25) is 10.1 Å². The van der Waals surface area contributed by atoms with E-state index in [2.05, 4.69) is 20.3 Å². The zero-order valence-corrected chi connectivity index (χ0v) is 11.1. The number of benzene rings is 1. The minimum atomic E-state index is -0.467. The molecule has 0 saturated heterocycles. The Hall–Kier alpha value is -3.03. The summed E-state index contributed by atoms with van der Waals surface area (Å²) in [6, 6.07) is 6.36. The van der Waals surface area contributed by atoms with E-state index in [-0.39, 0.29) is 5.69 Å². The molecule has 106 valence electrons. The highest BCUT2D eigenvalue weighted by Crippen LogP contribution is 2.23. The van der Waals surface area contributed by atoms with Crippen LogP contribution in [0.25, 0.3) is 11.1 Å². The standard InChI is InChI=1S/C13H11N5O3/c1-8-14-5-4-9(16-8)7-15-13-17-11-6-10(18(19)20)2-3-12(11)21-13/h2-6H,7H2,1H3,(H,15,17). The summed E-state index contributed by atoms with van der Waals surface area (Å²) in [7, 11) is 0. The second kappa shape index (κ2) is 5.16. The van der Waals surface area contributed by atoms with Crippen LogP contribution in [0.5, 0.6) is 0 Å². The van der Waals surface area contributed by atoms with Gasteiger partial charge in [0.2, 0.25) is 0 Å². The van der Waals surface area contributed by atoms with Crippen molar-refractivity contribution in [2.75, 3.05) is 5.32 Å². The number of anilines is 1. The third-order valence-corrected chi connectivity index (χ3v) is 2.84. The van der Waals surface area contributed by atoms with E-state index in [9.17, 15) is 10.1 Å². The van der Waals surface area contributed by atoms with Crippen LogP contribution >= 0.6 is 0 Å². The van der Waals surface area contributed by atoms with Crippen LogP contribution in [-0.2, 0) is 6.54 Å². The van der Waals surface area contributed by atoms with Crippen LogP contribution in [0.15, 0.2) is 34.9 Å². The molecule has 0 aliphatic rings. The van der Waals surface area contributed by atoms with Crippen molar-refractivity contribution in [1.82, 2.24) is 15.0 Å². The summed E-state index contributed by atoms with van der Waals surface area (Å²) < 4.78 is 5.47. The van der Waals surface area contributed by atoms with Crippen molar-refractivity contribution < 1.29 is 9.34 Å². The molecular formula is C13H11N5O3. The average Bonchev–Trinajstić information content (AvgIpc) is 2.87. The lowest BCUT2D eigenvalue weighted by Gasteiger charge is -2.01. The molecule has 3 aromatic rings. The molecule has 0 bridgehead atoms. The van der Waals surface area contributed by atoms with Crippen LogP contribution < -0.4 is 5.32 Å². The van der Waals surface area contributed by atoms with Gasteiger partial charge in [-0.25, -0.2) is 9.97 Å². The van der Waals surface area contributed by atoms with Crippen molar-refractivity contribution in [3.05, 3.63) is 52.1 Å². The fourth-order valence-electron chi connectivity index (χ4n) is 1.87. The maximum atomic E-state index is 10.7. The van der Waals surface area contributed by atoms with Crippen LogP contribution in [0.2, 0.25) is 0 Å². The number of aryl methyl sites for hydroxylation is 1. The van der Waals surface area contributed by atoms with E-state index in [4.69, 9.17) is 4.42 Å². The predicted molar refractivity (Wildman–Crippen MR) is 74.8 cm³/mol. The van der Waals surface area contributed by atoms with Crippen molar-refractivity contribution in [2.24, 2.45) is 0 Å². The summed E-state index contributed by atoms with van der Waals surface area (Å²) in [5.74, 6) is 0.683. The molecule has 0 spiro atoms. The summed E-state index contributed by atoms with van der Waals surface area (Å²) >= 11 is 0. The first-order valence-electron chi connectivity index (χ1n) is 6.19. The number of aromatic nitrogens is 3. The Kier molecular flexibility index (Phi) is 3.19. The molecule has 0 aliphatic heterocycles. The summed E-state index contributed by atoms with van der Waals surface area (Å²) in [5, 5.41) is 13.7. The summed E-state index contributed by atoms with van der Waals surface area (Å²) in [6.45, 7) is 2.24. The SMILES string of the molecule is Cc1nccc(CNc2nc3cc([N+](=O)[O-])ccc3o2)n1. The molecule has 0 aliphatic carbocycles. The molecule has 1 aromatic carbocycles. The van der Waals surface area contributed by atoms with E-state index >= 15 is 0 Å². The van der Waals surface area contributed by atoms with Gasteiger partial charge in [0.15, 0.2) is 5.58 Å². The second-order valence-electron chi connectivity index (χ2n) is 4.38. The van der Waals surface area contributed by atoms with Gasteiger partial charge < -0.3 is 9.73 Å². The number of oxazole rings is 1. The topological polar surface area (TPSA) is 107 Å². The van der Waals surface area contributed by atoms with Gasteiger partial charge in [-0.2, -0.15) is 4.98 Å². The molecule has 2 aromatic heterocycles. The van der Waals surface area contributed by atoms with Crippen LogP contribution in [0, 0.1) is 17.0 Å². The molecule has 21 heavy (non-hydrogen) atoms. The van der Waals surface area contributed by atoms with Gasteiger partial charge in [-0.05, 0) is 19.1 Å². The van der Waals surface area contributed by atoms with E-state index in [1.807, 2.05) is 6.92 Å². The van der Waals surface area contributed by atoms with Gasteiger partial charge in [-0.15, -0.1) is 0 Å². The number of rotatable bonds is 4. The van der Waals surface area contributed by atoms with Crippen molar-refractivity contribution >= 4 is 22.8 Å². The van der Waals surface area contributed by atoms with E-state index in [1.54, 1.807) is 12.3 Å². The number of hydrogen-bond donors (Lipinski definition) is 1. The lowest BCUT2D eigenvalue weighted by Crippen LogP contribution is -2.03. The zero-order chi connectivity index (χ0) is 14.8. The molecule has 0 radical (unpaired) electrons. The minimum Gasteiger partial charge on any atom is -0.424 e. The molecule has 0 amide bonds. The van der Waals surface area contributed by atoms with Crippen molar-refractivity contribution in [1.29, 1.82) is 0 Å². The molecule has 3 rings (SSSR count). The smallest absolute Gasteiger partial charge is 0.296 e. The number of fused-ring (bicyclic) bond motifs is 1. The summed E-state index contributed by atoms with van der Waals surface area (Å²) in [6.07, 6.45) is 1.68. The van der Waals surface area contributed by atoms with Crippen molar-refractivity contribution in [3.63, 3.8) is 0 Å². The monoisotopic (exact) mass is 285 g/mol. The molecule has 0 atom stereocenters. The Morgan fingerprint density at radius 3 is 2.95 bits per heavy atom. The van der Waals surface area contributed by atoms with Gasteiger partial charge in [0.05, 0.1) is 17.2 Å². The Bertz CT molecular complexity index is 814. The minimum absolute atomic E-state index is 0.0197. The van der Waals surface area contributed by atoms with Gasteiger partial charge in [0, 0.05) is 18.3 Å². The highest BCUT2D eigenvalue weighted by atomic mass is 16.6. The first kappa shape index (κ1) is 13.0. The number of nitro groups is 1. The highest BCUT2D eigenvalue weighted by Gasteiger charge is 2.11. The maximum Gasteiger partial charge on any atom is 0.296 e. The molecule has 1 N–H and O–H groups in total. The number of nitro benzene ring substituents is 1. The number of nitrogens with zero attached hydrogens (tertiary/aromatic N) is 4. The molecule has 0 fully saturated rings. The Balaban J connectivity index is 1.80. The highest BCUT2D eigenvalue weighted by molar-refractivity contribution is 5.77. The van der Waals surface area contributed by atoms with E-state index in [1.165, 1.54) is 18.2 Å². The van der Waals surface area contributed by atoms with Crippen LogP contribution in [0.1, 0.15) is 11.5 Å². The molecule has 8 heteroatoms. The fourth-order valence-corrected chi connectivity index (χ4v) is 1.87. The first-order valence-corrected chi connectivity index (χ1v) is 6.19. The van der Waals surface area contributed by atoms with Crippen LogP contribution in [-0.4, -0.2) is 19.9 Å². The van der Waals surface area contributed by atoms with Crippen molar-refractivity contribution in [2.45, 2.75) is 13.5 Å². The normalized spacial score (nSPS) is 10.7. The first-order chi connectivity index (χ1) is 10.1. The Morgan fingerprint density at radius 1 is 1.33 bits per heavy atom. The molecule has 0 saturated carbocycles. The second-order valence-corrected chi connectivity index (χ2v) is 4.38. The summed E-state index contributed by atoms with van der Waals surface area (Å²) in [4.78, 5) is 22.7. The van der Waals surface area contributed by atoms with Crippen molar-refractivity contribution in [3.8, 4) is 0 Å². The largest absolute Gasteiger partial charge is 0.424 e. The predicted octanol–water partition coefficient (Wildman–Crippen LogP) is 2.45. The van der Waals surface area contributed by atoms with E-state index in [0.29, 0.717) is 29.5 Å². The molecule has 0 unspecified atom stereocenters. The molecular weight excluding hydrogens is 274 g/mol. The quantitative estimate of drug-likeness (QED) is 0.579. The van der Waals surface area contributed by atoms with Gasteiger partial charge in [0.25, 0.3) is 11.7 Å². The van der Waals surface area contributed by atoms with Gasteiger partial charge in [-0.1, -0.05) is 0 Å². The fraction of sp³-hybridized carbons (Fsp3) is 0.154. The summed E-state index contributed by atoms with van der Waals surface area (Å²) in [5.41, 5.74) is 1.71. The van der Waals surface area contributed by atoms with E-state index < -0.39 is 4.92 Å². The Morgan fingerprint density at radius 2 is 2.19 bits per heavy atom. The third-order valence-electron chi connectivity index (χ3n) is 2.84. The lowest BCUT2D eigenvalue weighted by atomic mass is 10.3. The number of nitrogens with one attached hydrogen (secondary N) is 1. The van der Waals surface area contributed by atoms with E-state index in [0.717, 1.165) is 5.69 Å². The van der Waals surface area contributed by atoms with Crippen LogP contribution in [0.4, 0.5) is 11.7 Å². The molecule has 2 heterocycles. The molecule has 8 nitrogen and oxygen atoms in total. The van der Waals surface area contributed by atoms with Crippen LogP contribution in [0.3, 0.4) is 0 Å². The lowest BCUT2D eigenvalue weighted by molar-refractivity contribution is -0.384. The average molecular weight is 285 g/mol. The number of non-ortho nitro benzene ring substituents is 1. The zero-order valence-electron chi connectivity index (χ0n) is 11.1. The van der Waals surface area contributed by atoms with Gasteiger partial charge >= 0.3 is 0 Å². The maximum absolute atomic E-state index is 10.7. The Labute approximate surface area is 119 Å².